The van der Waals surface area contributed by atoms with Crippen LogP contribution in [-0.4, -0.2) is 44.9 Å². The van der Waals surface area contributed by atoms with Crippen molar-refractivity contribution < 1.29 is 13.2 Å². The van der Waals surface area contributed by atoms with Crippen molar-refractivity contribution in [3.63, 3.8) is 0 Å². The number of rotatable bonds is 7. The van der Waals surface area contributed by atoms with E-state index in [2.05, 4.69) is 14.9 Å². The molecule has 1 aliphatic rings. The van der Waals surface area contributed by atoms with E-state index in [9.17, 15) is 13.2 Å². The molecule has 2 N–H and O–H groups in total. The van der Waals surface area contributed by atoms with Gasteiger partial charge in [0.15, 0.2) is 0 Å². The van der Waals surface area contributed by atoms with Gasteiger partial charge in [0.2, 0.25) is 15.9 Å². The summed E-state index contributed by atoms with van der Waals surface area (Å²) in [4.78, 5) is 15.1. The van der Waals surface area contributed by atoms with Gasteiger partial charge in [-0.15, -0.1) is 0 Å². The maximum absolute atomic E-state index is 12.7. The molecule has 1 heterocycles. The first-order chi connectivity index (χ1) is 14.2. The van der Waals surface area contributed by atoms with Gasteiger partial charge in [0.1, 0.15) is 0 Å². The van der Waals surface area contributed by atoms with Gasteiger partial charge in [-0.3, -0.25) is 9.69 Å². The van der Waals surface area contributed by atoms with Crippen molar-refractivity contribution >= 4 is 21.6 Å². The first kappa shape index (κ1) is 22.5. The number of nitrogens with one attached hydrogen (secondary N) is 2. The second-order valence-electron chi connectivity index (χ2n) is 8.20. The molecule has 1 saturated heterocycles. The van der Waals surface area contributed by atoms with Crippen molar-refractivity contribution in [3.8, 4) is 0 Å². The van der Waals surface area contributed by atoms with Crippen molar-refractivity contribution in [3.05, 3.63) is 59.7 Å². The SMILES string of the molecule is Cc1ccc(S(=O)(=O)NCC2CCCN(C(C)C(=O)Nc3cccc(C)c3)C2)cc1. The van der Waals surface area contributed by atoms with Crippen LogP contribution in [0.3, 0.4) is 0 Å². The molecule has 3 rings (SSSR count). The van der Waals surface area contributed by atoms with Crippen molar-refractivity contribution in [2.45, 2.75) is 44.6 Å². The van der Waals surface area contributed by atoms with Crippen LogP contribution in [0.5, 0.6) is 0 Å². The number of hydrogen-bond acceptors (Lipinski definition) is 4. The first-order valence-corrected chi connectivity index (χ1v) is 11.9. The molecule has 6 nitrogen and oxygen atoms in total. The third-order valence-electron chi connectivity index (χ3n) is 5.66. The number of anilines is 1. The van der Waals surface area contributed by atoms with E-state index in [-0.39, 0.29) is 22.8 Å². The Morgan fingerprint density at radius 1 is 1.13 bits per heavy atom. The lowest BCUT2D eigenvalue weighted by atomic mass is 9.97. The van der Waals surface area contributed by atoms with Crippen molar-refractivity contribution in [2.24, 2.45) is 5.92 Å². The summed E-state index contributed by atoms with van der Waals surface area (Å²) in [6.07, 6.45) is 1.89. The molecule has 0 bridgehead atoms. The highest BCUT2D eigenvalue weighted by molar-refractivity contribution is 7.89. The highest BCUT2D eigenvalue weighted by atomic mass is 32.2. The topological polar surface area (TPSA) is 78.5 Å². The Labute approximate surface area is 179 Å². The predicted octanol–water partition coefficient (Wildman–Crippen LogP) is 3.32. The number of nitrogens with zero attached hydrogens (tertiary/aromatic N) is 1. The van der Waals surface area contributed by atoms with Crippen LogP contribution in [0.2, 0.25) is 0 Å². The molecular formula is C23H31N3O3S. The predicted molar refractivity (Wildman–Crippen MR) is 120 cm³/mol. The van der Waals surface area contributed by atoms with E-state index in [1.165, 1.54) is 0 Å². The standard InChI is InChI=1S/C23H31N3O3S/c1-17-9-11-22(12-10-17)30(28,29)24-15-20-7-5-13-26(16-20)19(3)23(27)25-21-8-4-6-18(2)14-21/h4,6,8-12,14,19-20,24H,5,7,13,15-16H2,1-3H3,(H,25,27). The fourth-order valence-electron chi connectivity index (χ4n) is 3.78. The minimum Gasteiger partial charge on any atom is -0.325 e. The molecule has 2 atom stereocenters. The molecule has 2 aromatic carbocycles. The smallest absolute Gasteiger partial charge is 0.241 e. The van der Waals surface area contributed by atoms with Gasteiger partial charge >= 0.3 is 0 Å². The molecule has 1 aliphatic heterocycles. The summed E-state index contributed by atoms with van der Waals surface area (Å²) < 4.78 is 27.8. The Hall–Kier alpha value is -2.22. The highest BCUT2D eigenvalue weighted by Gasteiger charge is 2.28. The lowest BCUT2D eigenvalue weighted by Gasteiger charge is -2.36. The summed E-state index contributed by atoms with van der Waals surface area (Å²) in [6, 6.07) is 14.3. The van der Waals surface area contributed by atoms with Gasteiger partial charge in [0.05, 0.1) is 10.9 Å². The number of aryl methyl sites for hydroxylation is 2. The lowest BCUT2D eigenvalue weighted by molar-refractivity contribution is -0.121. The number of benzene rings is 2. The number of hydrogen-bond donors (Lipinski definition) is 2. The summed E-state index contributed by atoms with van der Waals surface area (Å²) in [7, 11) is -3.52. The van der Waals surface area contributed by atoms with Gasteiger partial charge in [-0.1, -0.05) is 29.8 Å². The van der Waals surface area contributed by atoms with E-state index in [4.69, 9.17) is 0 Å². The van der Waals surface area contributed by atoms with E-state index < -0.39 is 10.0 Å². The minimum absolute atomic E-state index is 0.0403. The number of sulfonamides is 1. The molecule has 0 aromatic heterocycles. The van der Waals surface area contributed by atoms with E-state index in [0.29, 0.717) is 13.1 Å². The Kier molecular flexibility index (Phi) is 7.28. The molecule has 0 aliphatic carbocycles. The second kappa shape index (κ2) is 9.73. The molecule has 0 spiro atoms. The Morgan fingerprint density at radius 2 is 1.87 bits per heavy atom. The number of amides is 1. The molecule has 1 amide bonds. The van der Waals surface area contributed by atoms with Crippen LogP contribution in [0.4, 0.5) is 5.69 Å². The zero-order valence-corrected chi connectivity index (χ0v) is 18.7. The largest absolute Gasteiger partial charge is 0.325 e. The summed E-state index contributed by atoms with van der Waals surface area (Å²) in [5.74, 6) is 0.134. The molecule has 2 aromatic rings. The molecule has 1 fully saturated rings. The number of carbonyl (C=O) groups excluding carboxylic acids is 1. The van der Waals surface area contributed by atoms with Crippen molar-refractivity contribution in [1.29, 1.82) is 0 Å². The maximum Gasteiger partial charge on any atom is 0.241 e. The monoisotopic (exact) mass is 429 g/mol. The van der Waals surface area contributed by atoms with Crippen LogP contribution in [-0.2, 0) is 14.8 Å². The summed E-state index contributed by atoms with van der Waals surface area (Å²) in [5, 5.41) is 2.98. The lowest BCUT2D eigenvalue weighted by Crippen LogP contribution is -2.48. The fraction of sp³-hybridized carbons (Fsp3) is 0.435. The van der Waals surface area contributed by atoms with Crippen LogP contribution in [0, 0.1) is 19.8 Å². The highest BCUT2D eigenvalue weighted by Crippen LogP contribution is 2.20. The molecule has 162 valence electrons. The fourth-order valence-corrected chi connectivity index (χ4v) is 4.90. The van der Waals surface area contributed by atoms with E-state index >= 15 is 0 Å². The van der Waals surface area contributed by atoms with E-state index in [1.54, 1.807) is 24.3 Å². The van der Waals surface area contributed by atoms with Gasteiger partial charge in [-0.25, -0.2) is 13.1 Å². The Balaban J connectivity index is 1.55. The molecule has 2 unspecified atom stereocenters. The quantitative estimate of drug-likeness (QED) is 0.708. The molecule has 0 saturated carbocycles. The van der Waals surface area contributed by atoms with Crippen LogP contribution in [0.1, 0.15) is 30.9 Å². The van der Waals surface area contributed by atoms with Gasteiger partial charge in [0, 0.05) is 18.8 Å². The van der Waals surface area contributed by atoms with Crippen molar-refractivity contribution in [2.75, 3.05) is 25.0 Å². The van der Waals surface area contributed by atoms with Gasteiger partial charge in [0.25, 0.3) is 0 Å². The normalized spacial score (nSPS) is 18.7. The first-order valence-electron chi connectivity index (χ1n) is 10.4. The number of likely N-dealkylation sites (tertiary alicyclic amines) is 1. The van der Waals surface area contributed by atoms with Gasteiger partial charge in [-0.05, 0) is 75.9 Å². The molecule has 7 heteroatoms. The Morgan fingerprint density at radius 3 is 2.57 bits per heavy atom. The molecule has 30 heavy (non-hydrogen) atoms. The minimum atomic E-state index is -3.52. The van der Waals surface area contributed by atoms with Gasteiger partial charge < -0.3 is 5.32 Å². The summed E-state index contributed by atoms with van der Waals surface area (Å²) >= 11 is 0. The second-order valence-corrected chi connectivity index (χ2v) is 9.97. The zero-order valence-electron chi connectivity index (χ0n) is 17.9. The van der Waals surface area contributed by atoms with Crippen molar-refractivity contribution in [1.82, 2.24) is 9.62 Å². The van der Waals surface area contributed by atoms with Crippen LogP contribution < -0.4 is 10.0 Å². The zero-order chi connectivity index (χ0) is 21.7. The Bertz CT molecular complexity index is 973. The summed E-state index contributed by atoms with van der Waals surface area (Å²) in [5.41, 5.74) is 2.92. The average Bonchev–Trinajstić information content (AvgIpc) is 2.72. The van der Waals surface area contributed by atoms with Crippen LogP contribution >= 0.6 is 0 Å². The van der Waals surface area contributed by atoms with Crippen LogP contribution in [0.25, 0.3) is 0 Å². The average molecular weight is 430 g/mol. The summed E-state index contributed by atoms with van der Waals surface area (Å²) in [6.45, 7) is 7.73. The van der Waals surface area contributed by atoms with E-state index in [0.717, 1.165) is 36.2 Å². The van der Waals surface area contributed by atoms with Crippen LogP contribution in [0.15, 0.2) is 53.4 Å². The number of piperidine rings is 1. The third kappa shape index (κ3) is 5.90. The molecular weight excluding hydrogens is 398 g/mol. The number of carbonyl (C=O) groups is 1. The van der Waals surface area contributed by atoms with E-state index in [1.807, 2.05) is 45.0 Å². The molecule has 0 radical (unpaired) electrons. The van der Waals surface area contributed by atoms with Gasteiger partial charge in [-0.2, -0.15) is 0 Å². The third-order valence-corrected chi connectivity index (χ3v) is 7.10. The maximum atomic E-state index is 12.7.